The quantitative estimate of drug-likeness (QED) is 0.748. The number of nitrogens with one attached hydrogen (secondary N) is 2. The van der Waals surface area contributed by atoms with E-state index in [0.717, 1.165) is 43.3 Å². The highest BCUT2D eigenvalue weighted by atomic mass is 15.3. The van der Waals surface area contributed by atoms with Crippen LogP contribution in [0, 0.1) is 12.3 Å². The number of hydrogen-bond acceptors (Lipinski definition) is 6. The van der Waals surface area contributed by atoms with Gasteiger partial charge in [0, 0.05) is 57.1 Å². The van der Waals surface area contributed by atoms with Gasteiger partial charge in [-0.3, -0.25) is 9.67 Å². The number of aliphatic imine (C=N–C) groups is 2. The van der Waals surface area contributed by atoms with E-state index in [4.69, 9.17) is 5.41 Å². The molecule has 0 bridgehead atoms. The molecule has 1 aliphatic rings. The van der Waals surface area contributed by atoms with Crippen molar-refractivity contribution in [3.05, 3.63) is 28.5 Å². The summed E-state index contributed by atoms with van der Waals surface area (Å²) in [6.07, 6.45) is 2.18. The zero-order valence-corrected chi connectivity index (χ0v) is 15.1. The normalized spacial score (nSPS) is 15.7. The first kappa shape index (κ1) is 17.9. The van der Waals surface area contributed by atoms with E-state index in [1.165, 1.54) is 17.5 Å². The van der Waals surface area contributed by atoms with Crippen molar-refractivity contribution in [2.45, 2.75) is 40.3 Å². The summed E-state index contributed by atoms with van der Waals surface area (Å²) in [4.78, 5) is 10.8. The van der Waals surface area contributed by atoms with Crippen LogP contribution < -0.4 is 5.32 Å². The van der Waals surface area contributed by atoms with Gasteiger partial charge in [0.05, 0.1) is 5.69 Å². The summed E-state index contributed by atoms with van der Waals surface area (Å²) < 4.78 is 2.09. The minimum atomic E-state index is 0.592. The average molecular weight is 329 g/mol. The molecule has 2 rings (SSSR count). The van der Waals surface area contributed by atoms with Crippen LogP contribution in [0.5, 0.6) is 0 Å². The molecule has 0 fully saturated rings. The zero-order chi connectivity index (χ0) is 17.7. The van der Waals surface area contributed by atoms with Gasteiger partial charge in [0.1, 0.15) is 11.4 Å². The minimum absolute atomic E-state index is 0.592. The summed E-state index contributed by atoms with van der Waals surface area (Å²) in [5.41, 5.74) is 4.99. The Balaban J connectivity index is 2.43. The lowest BCUT2D eigenvalue weighted by Gasteiger charge is -2.31. The largest absolute Gasteiger partial charge is 0.383 e. The van der Waals surface area contributed by atoms with E-state index < -0.39 is 0 Å². The summed E-state index contributed by atoms with van der Waals surface area (Å²) in [5.74, 6) is 0.738. The monoisotopic (exact) mass is 329 g/mol. The molecule has 2 N–H and O–H groups in total. The molecule has 2 heterocycles. The molecule has 0 atom stereocenters. The molecule has 7 heteroatoms. The first-order valence-electron chi connectivity index (χ1n) is 8.35. The molecule has 0 saturated heterocycles. The second-order valence-corrected chi connectivity index (χ2v) is 5.61. The van der Waals surface area contributed by atoms with Gasteiger partial charge < -0.3 is 15.6 Å². The number of allylic oxidation sites excluding steroid dienone is 1. The van der Waals surface area contributed by atoms with Crippen LogP contribution in [-0.2, 0) is 19.5 Å². The molecule has 0 spiro atoms. The van der Waals surface area contributed by atoms with Gasteiger partial charge in [-0.25, -0.2) is 4.99 Å². The highest BCUT2D eigenvalue weighted by Crippen LogP contribution is 2.26. The third-order valence-electron chi connectivity index (χ3n) is 4.28. The molecule has 0 radical (unpaired) electrons. The van der Waals surface area contributed by atoms with Crippen LogP contribution in [0.1, 0.15) is 30.8 Å². The summed E-state index contributed by atoms with van der Waals surface area (Å²) in [5, 5.41) is 15.4. The predicted octanol–water partition coefficient (Wildman–Crippen LogP) is 1.77. The Morgan fingerprint density at radius 1 is 1.46 bits per heavy atom. The fraction of sp³-hybridized carbons (Fsp3) is 0.529. The Hall–Kier alpha value is -2.44. The number of nitrogens with zero attached hydrogens (tertiary/aromatic N) is 5. The topological polar surface area (TPSA) is 81.7 Å². The van der Waals surface area contributed by atoms with Crippen LogP contribution in [-0.4, -0.2) is 53.5 Å². The number of fused-ring (bicyclic) bond motifs is 1. The van der Waals surface area contributed by atoms with E-state index >= 15 is 0 Å². The van der Waals surface area contributed by atoms with Gasteiger partial charge in [0.2, 0.25) is 0 Å². The van der Waals surface area contributed by atoms with Crippen molar-refractivity contribution in [1.82, 2.24) is 20.0 Å². The van der Waals surface area contributed by atoms with E-state index in [9.17, 15) is 0 Å². The predicted molar refractivity (Wildman–Crippen MR) is 99.1 cm³/mol. The van der Waals surface area contributed by atoms with Crippen LogP contribution in [0.25, 0.3) is 0 Å². The van der Waals surface area contributed by atoms with Crippen LogP contribution in [0.15, 0.2) is 21.5 Å². The Bertz CT molecular complexity index is 681. The van der Waals surface area contributed by atoms with Crippen molar-refractivity contribution < 1.29 is 0 Å². The van der Waals surface area contributed by atoms with Gasteiger partial charge in [-0.2, -0.15) is 5.10 Å². The van der Waals surface area contributed by atoms with Gasteiger partial charge in [-0.15, -0.1) is 0 Å². The molecule has 0 unspecified atom stereocenters. The molecule has 130 valence electrons. The van der Waals surface area contributed by atoms with E-state index in [-0.39, 0.29) is 0 Å². The number of aromatic nitrogens is 2. The Kier molecular flexibility index (Phi) is 5.89. The molecule has 0 aromatic carbocycles. The summed E-state index contributed by atoms with van der Waals surface area (Å²) >= 11 is 0. The summed E-state index contributed by atoms with van der Waals surface area (Å²) in [6.45, 7) is 13.0. The minimum Gasteiger partial charge on any atom is -0.383 e. The van der Waals surface area contributed by atoms with E-state index in [1.54, 1.807) is 0 Å². The molecule has 0 amide bonds. The maximum atomic E-state index is 7.64. The maximum absolute atomic E-state index is 7.64. The molecule has 0 aliphatic carbocycles. The van der Waals surface area contributed by atoms with Crippen molar-refractivity contribution in [2.75, 3.05) is 20.1 Å². The summed E-state index contributed by atoms with van der Waals surface area (Å²) in [6, 6.07) is 0. The zero-order valence-electron chi connectivity index (χ0n) is 15.1. The van der Waals surface area contributed by atoms with Crippen molar-refractivity contribution in [1.29, 1.82) is 5.41 Å². The van der Waals surface area contributed by atoms with Crippen molar-refractivity contribution in [3.63, 3.8) is 0 Å². The second-order valence-electron chi connectivity index (χ2n) is 5.61. The Morgan fingerprint density at radius 2 is 2.21 bits per heavy atom. The first-order chi connectivity index (χ1) is 11.6. The molecule has 1 aliphatic heterocycles. The van der Waals surface area contributed by atoms with E-state index in [1.807, 2.05) is 14.0 Å². The fourth-order valence-electron chi connectivity index (χ4n) is 3.16. The third kappa shape index (κ3) is 3.25. The fourth-order valence-corrected chi connectivity index (χ4v) is 3.16. The van der Waals surface area contributed by atoms with E-state index in [0.29, 0.717) is 12.3 Å². The standard InChI is InChI=1S/C17H27N7/c1-6-21-14(10-18)16(19-4)17(20-5)23-9-8-15-13(11-23)12(3)22-24(15)7-2/h10,18-19H,5-9,11H2,1-4H3/b17-16-,18-10?,21-14?. The van der Waals surface area contributed by atoms with Gasteiger partial charge in [0.25, 0.3) is 0 Å². The van der Waals surface area contributed by atoms with E-state index in [2.05, 4.69) is 50.5 Å². The molecule has 7 nitrogen and oxygen atoms in total. The molecular weight excluding hydrogens is 302 g/mol. The van der Waals surface area contributed by atoms with Crippen LogP contribution in [0.2, 0.25) is 0 Å². The van der Waals surface area contributed by atoms with Crippen molar-refractivity contribution >= 4 is 18.6 Å². The summed E-state index contributed by atoms with van der Waals surface area (Å²) in [7, 11) is 1.82. The lowest BCUT2D eigenvalue weighted by atomic mass is 10.1. The Morgan fingerprint density at radius 3 is 2.75 bits per heavy atom. The highest BCUT2D eigenvalue weighted by Gasteiger charge is 2.26. The molecule has 24 heavy (non-hydrogen) atoms. The Labute approximate surface area is 143 Å². The highest BCUT2D eigenvalue weighted by molar-refractivity contribution is 6.37. The molecule has 0 saturated carbocycles. The molecule has 1 aromatic rings. The second kappa shape index (κ2) is 7.90. The molecular formula is C17H27N7. The van der Waals surface area contributed by atoms with Gasteiger partial charge in [-0.1, -0.05) is 0 Å². The first-order valence-corrected chi connectivity index (χ1v) is 8.35. The van der Waals surface area contributed by atoms with Crippen molar-refractivity contribution in [2.24, 2.45) is 9.98 Å². The van der Waals surface area contributed by atoms with Gasteiger partial charge >= 0.3 is 0 Å². The number of aryl methyl sites for hydroxylation is 2. The number of hydrogen-bond donors (Lipinski definition) is 2. The third-order valence-corrected chi connectivity index (χ3v) is 4.28. The lowest BCUT2D eigenvalue weighted by Crippen LogP contribution is -2.34. The van der Waals surface area contributed by atoms with Crippen LogP contribution >= 0.6 is 0 Å². The van der Waals surface area contributed by atoms with Crippen LogP contribution in [0.3, 0.4) is 0 Å². The number of rotatable bonds is 7. The molecule has 1 aromatic heterocycles. The van der Waals surface area contributed by atoms with Gasteiger partial charge in [0.15, 0.2) is 5.82 Å². The van der Waals surface area contributed by atoms with Crippen molar-refractivity contribution in [3.8, 4) is 0 Å². The lowest BCUT2D eigenvalue weighted by molar-refractivity contribution is 0.311. The smallest absolute Gasteiger partial charge is 0.153 e. The van der Waals surface area contributed by atoms with Crippen LogP contribution in [0.4, 0.5) is 0 Å². The van der Waals surface area contributed by atoms with Gasteiger partial charge in [-0.05, 0) is 27.5 Å². The maximum Gasteiger partial charge on any atom is 0.153 e. The average Bonchev–Trinajstić information content (AvgIpc) is 2.93. The SMILES string of the molecule is C=N/C(=C(/NC)C(C=N)=NCC)N1CCc2c(c(C)nn2CC)C1.